The Morgan fingerprint density at radius 2 is 2.50 bits per heavy atom. The van der Waals surface area contributed by atoms with Crippen molar-refractivity contribution < 1.29 is 9.53 Å². The Bertz CT molecular complexity index is 339. The molecule has 0 saturated heterocycles. The number of thioether (sulfide) groups is 1. The Hall–Kier alpha value is -0.590. The minimum atomic E-state index is -0.932. The van der Waals surface area contributed by atoms with E-state index in [9.17, 15) is 4.79 Å². The second kappa shape index (κ2) is 5.65. The molecule has 0 aliphatic carbocycles. The molecule has 2 atom stereocenters. The van der Waals surface area contributed by atoms with E-state index in [0.29, 0.717) is 6.42 Å². The quantitative estimate of drug-likeness (QED) is 0.647. The van der Waals surface area contributed by atoms with Gasteiger partial charge in [-0.2, -0.15) is 0 Å². The van der Waals surface area contributed by atoms with E-state index in [1.54, 1.807) is 36.2 Å². The molecule has 16 heavy (non-hydrogen) atoms. The number of nitrogens with zero attached hydrogens (tertiary/aromatic N) is 1. The van der Waals surface area contributed by atoms with Crippen molar-refractivity contribution in [3.63, 3.8) is 0 Å². The smallest absolute Gasteiger partial charge is 0.325 e. The summed E-state index contributed by atoms with van der Waals surface area (Å²) in [5.74, 6) is -0.376. The lowest BCUT2D eigenvalue weighted by Crippen LogP contribution is -2.47. The molecule has 0 spiro atoms. The first-order chi connectivity index (χ1) is 7.45. The Balaban J connectivity index is 2.50. The monoisotopic (exact) mass is 260 g/mol. The molecule has 4 nitrogen and oxygen atoms in total. The van der Waals surface area contributed by atoms with Crippen molar-refractivity contribution in [3.8, 4) is 0 Å². The summed E-state index contributed by atoms with van der Waals surface area (Å²) in [5, 5.41) is 2.15. The van der Waals surface area contributed by atoms with Crippen molar-refractivity contribution in [1.29, 1.82) is 0 Å². The van der Waals surface area contributed by atoms with Crippen LogP contribution in [0.25, 0.3) is 0 Å². The number of carbonyl (C=O) groups excluding carboxylic acids is 1. The fraction of sp³-hybridized carbons (Fsp3) is 0.600. The van der Waals surface area contributed by atoms with Gasteiger partial charge >= 0.3 is 5.97 Å². The number of hydrogen-bond donors (Lipinski definition) is 1. The Morgan fingerprint density at radius 3 is 3.00 bits per heavy atom. The average Bonchev–Trinajstić information content (AvgIpc) is 2.67. The molecule has 2 N–H and O–H groups in total. The minimum Gasteiger partial charge on any atom is -0.468 e. The number of methoxy groups -OCH3 is 1. The zero-order valence-electron chi connectivity index (χ0n) is 9.60. The van der Waals surface area contributed by atoms with Crippen LogP contribution in [0.2, 0.25) is 0 Å². The van der Waals surface area contributed by atoms with Crippen molar-refractivity contribution in [2.45, 2.75) is 35.4 Å². The lowest BCUT2D eigenvalue weighted by molar-refractivity contribution is -0.146. The highest BCUT2D eigenvalue weighted by molar-refractivity contribution is 8.01. The van der Waals surface area contributed by atoms with Crippen LogP contribution in [0.1, 0.15) is 20.3 Å². The normalized spacial score (nSPS) is 16.5. The lowest BCUT2D eigenvalue weighted by atomic mass is 9.98. The van der Waals surface area contributed by atoms with Crippen molar-refractivity contribution in [2.75, 3.05) is 7.11 Å². The van der Waals surface area contributed by atoms with Gasteiger partial charge in [-0.3, -0.25) is 4.79 Å². The number of nitrogens with two attached hydrogens (primary N) is 1. The molecule has 0 aliphatic rings. The van der Waals surface area contributed by atoms with Crippen LogP contribution in [-0.2, 0) is 9.53 Å². The van der Waals surface area contributed by atoms with Crippen LogP contribution < -0.4 is 5.73 Å². The maximum absolute atomic E-state index is 11.4. The van der Waals surface area contributed by atoms with Gasteiger partial charge in [-0.1, -0.05) is 18.7 Å². The van der Waals surface area contributed by atoms with Gasteiger partial charge in [0, 0.05) is 16.8 Å². The van der Waals surface area contributed by atoms with E-state index in [0.717, 1.165) is 4.34 Å². The van der Waals surface area contributed by atoms with Crippen molar-refractivity contribution >= 4 is 29.1 Å². The number of thiazole rings is 1. The summed E-state index contributed by atoms with van der Waals surface area (Å²) in [6.45, 7) is 3.72. The molecule has 0 saturated carbocycles. The summed E-state index contributed by atoms with van der Waals surface area (Å²) in [6, 6.07) is 0. The van der Waals surface area contributed by atoms with Gasteiger partial charge < -0.3 is 10.5 Å². The van der Waals surface area contributed by atoms with Crippen molar-refractivity contribution in [3.05, 3.63) is 11.6 Å². The maximum Gasteiger partial charge on any atom is 0.325 e. The van der Waals surface area contributed by atoms with Gasteiger partial charge in [0.1, 0.15) is 9.88 Å². The van der Waals surface area contributed by atoms with E-state index in [4.69, 9.17) is 5.73 Å². The standard InChI is InChI=1S/C10H16N2O2S2/c1-7(16-9-12-4-5-15-9)6-10(2,11)8(13)14-3/h4-5,7H,6,11H2,1-3H3. The number of esters is 1. The first-order valence-corrected chi connectivity index (χ1v) is 6.65. The van der Waals surface area contributed by atoms with E-state index >= 15 is 0 Å². The molecule has 0 radical (unpaired) electrons. The summed E-state index contributed by atoms with van der Waals surface area (Å²) in [7, 11) is 1.35. The predicted molar refractivity (Wildman–Crippen MR) is 66.7 cm³/mol. The van der Waals surface area contributed by atoms with E-state index in [-0.39, 0.29) is 11.2 Å². The summed E-state index contributed by atoms with van der Waals surface area (Å²) in [6.07, 6.45) is 2.32. The molecular weight excluding hydrogens is 244 g/mol. The van der Waals surface area contributed by atoms with Crippen LogP contribution in [0.15, 0.2) is 15.9 Å². The van der Waals surface area contributed by atoms with E-state index in [1.165, 1.54) is 7.11 Å². The molecule has 2 unspecified atom stereocenters. The van der Waals surface area contributed by atoms with Gasteiger partial charge in [-0.05, 0) is 13.3 Å². The van der Waals surface area contributed by atoms with Gasteiger partial charge in [0.25, 0.3) is 0 Å². The second-order valence-corrected chi connectivity index (χ2v) is 6.42. The van der Waals surface area contributed by atoms with Gasteiger partial charge in [-0.25, -0.2) is 4.98 Å². The van der Waals surface area contributed by atoms with Crippen LogP contribution in [0.5, 0.6) is 0 Å². The third-order valence-corrected chi connectivity index (χ3v) is 4.09. The molecular formula is C10H16N2O2S2. The molecule has 0 fully saturated rings. The van der Waals surface area contributed by atoms with Gasteiger partial charge in [0.2, 0.25) is 0 Å². The van der Waals surface area contributed by atoms with Gasteiger partial charge in [0.15, 0.2) is 0 Å². The highest BCUT2D eigenvalue weighted by Gasteiger charge is 2.31. The Labute approximate surface area is 104 Å². The van der Waals surface area contributed by atoms with Crippen LogP contribution in [0, 0.1) is 0 Å². The molecule has 0 aliphatic heterocycles. The SMILES string of the molecule is COC(=O)C(C)(N)CC(C)Sc1nccs1. The van der Waals surface area contributed by atoms with Gasteiger partial charge in [0.05, 0.1) is 7.11 Å². The fourth-order valence-corrected chi connectivity index (χ4v) is 3.53. The number of ether oxygens (including phenoxy) is 1. The number of carbonyl (C=O) groups is 1. The zero-order valence-corrected chi connectivity index (χ0v) is 11.2. The molecule has 1 aromatic rings. The third-order valence-electron chi connectivity index (χ3n) is 2.07. The molecule has 0 amide bonds. The number of rotatable bonds is 5. The van der Waals surface area contributed by atoms with Crippen LogP contribution in [0.3, 0.4) is 0 Å². The predicted octanol–water partition coefficient (Wildman–Crippen LogP) is 1.90. The largest absolute Gasteiger partial charge is 0.468 e. The highest BCUT2D eigenvalue weighted by Crippen LogP contribution is 2.29. The molecule has 1 rings (SSSR count). The molecule has 90 valence electrons. The topological polar surface area (TPSA) is 65.2 Å². The summed E-state index contributed by atoms with van der Waals surface area (Å²) >= 11 is 3.21. The highest BCUT2D eigenvalue weighted by atomic mass is 32.2. The third kappa shape index (κ3) is 3.77. The van der Waals surface area contributed by atoms with Crippen molar-refractivity contribution in [1.82, 2.24) is 4.98 Å². The lowest BCUT2D eigenvalue weighted by Gasteiger charge is -2.24. The minimum absolute atomic E-state index is 0.222. The molecule has 1 aromatic heterocycles. The molecule has 6 heteroatoms. The van der Waals surface area contributed by atoms with E-state index < -0.39 is 5.54 Å². The first kappa shape index (κ1) is 13.5. The average molecular weight is 260 g/mol. The first-order valence-electron chi connectivity index (χ1n) is 4.89. The molecule has 0 bridgehead atoms. The Kier molecular flexibility index (Phi) is 4.76. The zero-order chi connectivity index (χ0) is 12.2. The number of aromatic nitrogens is 1. The fourth-order valence-electron chi connectivity index (χ4n) is 1.40. The molecule has 1 heterocycles. The Morgan fingerprint density at radius 1 is 1.81 bits per heavy atom. The van der Waals surface area contributed by atoms with Crippen LogP contribution in [-0.4, -0.2) is 28.9 Å². The van der Waals surface area contributed by atoms with Crippen molar-refractivity contribution in [2.24, 2.45) is 5.73 Å². The summed E-state index contributed by atoms with van der Waals surface area (Å²) in [5.41, 5.74) is 4.96. The van der Waals surface area contributed by atoms with Crippen LogP contribution >= 0.6 is 23.1 Å². The van der Waals surface area contributed by atoms with E-state index in [2.05, 4.69) is 9.72 Å². The number of hydrogen-bond acceptors (Lipinski definition) is 6. The second-order valence-electron chi connectivity index (χ2n) is 3.84. The summed E-state index contributed by atoms with van der Waals surface area (Å²) in [4.78, 5) is 15.6. The van der Waals surface area contributed by atoms with Crippen LogP contribution in [0.4, 0.5) is 0 Å². The van der Waals surface area contributed by atoms with Gasteiger partial charge in [-0.15, -0.1) is 11.3 Å². The summed E-state index contributed by atoms with van der Waals surface area (Å²) < 4.78 is 5.66. The van der Waals surface area contributed by atoms with E-state index in [1.807, 2.05) is 12.3 Å². The molecule has 0 aromatic carbocycles. The maximum atomic E-state index is 11.4.